The second-order valence-corrected chi connectivity index (χ2v) is 6.35. The molecule has 0 saturated heterocycles. The van der Waals surface area contributed by atoms with Crippen LogP contribution in [0.1, 0.15) is 47.4 Å². The maximum Gasteiger partial charge on any atom is 0.354 e. The van der Waals surface area contributed by atoms with Gasteiger partial charge in [-0.1, -0.05) is 38.1 Å². The number of ether oxygens (including phenoxy) is 1. The molecular weight excluding hydrogens is 290 g/mol. The van der Waals surface area contributed by atoms with Gasteiger partial charge >= 0.3 is 5.97 Å². The predicted molar refractivity (Wildman–Crippen MR) is 89.7 cm³/mol. The smallest absolute Gasteiger partial charge is 0.354 e. The first kappa shape index (κ1) is 15.3. The van der Waals surface area contributed by atoms with Crippen LogP contribution >= 0.6 is 0 Å². The van der Waals surface area contributed by atoms with E-state index >= 15 is 0 Å². The summed E-state index contributed by atoms with van der Waals surface area (Å²) in [4.78, 5) is 14.7. The van der Waals surface area contributed by atoms with Crippen molar-refractivity contribution >= 4 is 18.1 Å². The van der Waals surface area contributed by atoms with Gasteiger partial charge in [0.25, 0.3) is 0 Å². The number of rotatable bonds is 3. The van der Waals surface area contributed by atoms with Gasteiger partial charge < -0.3 is 9.84 Å². The lowest BCUT2D eigenvalue weighted by molar-refractivity contribution is 0.0690. The van der Waals surface area contributed by atoms with Gasteiger partial charge in [0.2, 0.25) is 0 Å². The molecule has 3 rings (SSSR count). The number of fused-ring (bicyclic) bond motifs is 1. The highest BCUT2D eigenvalue weighted by molar-refractivity contribution is 5.85. The lowest BCUT2D eigenvalue weighted by Gasteiger charge is -2.32. The molecule has 0 unspecified atom stereocenters. The molecule has 0 amide bonds. The average Bonchev–Trinajstić information content (AvgIpc) is 2.53. The van der Waals surface area contributed by atoms with E-state index in [4.69, 9.17) is 9.84 Å². The van der Waals surface area contributed by atoms with Crippen LogP contribution in [0.5, 0.6) is 5.75 Å². The summed E-state index contributed by atoms with van der Waals surface area (Å²) in [7, 11) is 0. The Hall–Kier alpha value is -2.62. The van der Waals surface area contributed by atoms with Gasteiger partial charge in [0, 0.05) is 11.8 Å². The first-order chi connectivity index (χ1) is 11.0. The van der Waals surface area contributed by atoms with Crippen LogP contribution in [0.4, 0.5) is 0 Å². The summed E-state index contributed by atoms with van der Waals surface area (Å²) in [5, 5.41) is 8.85. The Morgan fingerprint density at radius 3 is 2.65 bits per heavy atom. The Kier molecular flexibility index (Phi) is 3.90. The van der Waals surface area contributed by atoms with Crippen molar-refractivity contribution in [3.8, 4) is 5.75 Å². The molecule has 0 atom stereocenters. The standard InChI is InChI=1S/C19H19NO3/c1-19(2)9-10-23-17-8-6-13(11-15(17)19)3-4-14-5-7-16(18(21)22)20-12-14/h3-8,11-12H,9-10H2,1-2H3,(H,21,22)/b4-3+. The van der Waals surface area contributed by atoms with E-state index in [2.05, 4.69) is 24.9 Å². The molecule has 0 aliphatic carbocycles. The van der Waals surface area contributed by atoms with Gasteiger partial charge in [-0.2, -0.15) is 0 Å². The number of pyridine rings is 1. The molecule has 1 aromatic carbocycles. The van der Waals surface area contributed by atoms with E-state index in [1.807, 2.05) is 24.3 Å². The van der Waals surface area contributed by atoms with Gasteiger partial charge in [0.05, 0.1) is 6.61 Å². The molecule has 4 nitrogen and oxygen atoms in total. The number of nitrogens with zero attached hydrogens (tertiary/aromatic N) is 1. The number of aromatic nitrogens is 1. The summed E-state index contributed by atoms with van der Waals surface area (Å²) < 4.78 is 5.72. The number of carboxylic acid groups (broad SMARTS) is 1. The third-order valence-corrected chi connectivity index (χ3v) is 4.19. The van der Waals surface area contributed by atoms with E-state index < -0.39 is 5.97 Å². The van der Waals surface area contributed by atoms with E-state index in [-0.39, 0.29) is 11.1 Å². The van der Waals surface area contributed by atoms with Gasteiger partial charge in [0.15, 0.2) is 0 Å². The molecule has 1 aliphatic heterocycles. The summed E-state index contributed by atoms with van der Waals surface area (Å²) in [5.74, 6) is -0.0525. The summed E-state index contributed by atoms with van der Waals surface area (Å²) in [5.41, 5.74) is 3.34. The maximum atomic E-state index is 10.8. The molecule has 2 aromatic rings. The molecule has 1 N–H and O–H groups in total. The topological polar surface area (TPSA) is 59.4 Å². The second kappa shape index (κ2) is 5.88. The van der Waals surface area contributed by atoms with Gasteiger partial charge in [-0.15, -0.1) is 0 Å². The molecule has 2 heterocycles. The molecule has 1 aliphatic rings. The van der Waals surface area contributed by atoms with Crippen molar-refractivity contribution in [3.05, 3.63) is 58.9 Å². The first-order valence-electron chi connectivity index (χ1n) is 7.60. The minimum Gasteiger partial charge on any atom is -0.493 e. The van der Waals surface area contributed by atoms with Crippen LogP contribution in [0.2, 0.25) is 0 Å². The zero-order valence-electron chi connectivity index (χ0n) is 13.2. The highest BCUT2D eigenvalue weighted by Crippen LogP contribution is 2.38. The van der Waals surface area contributed by atoms with Crippen LogP contribution in [0.3, 0.4) is 0 Å². The van der Waals surface area contributed by atoms with Crippen molar-refractivity contribution < 1.29 is 14.6 Å². The molecular formula is C19H19NO3. The Balaban J connectivity index is 1.84. The summed E-state index contributed by atoms with van der Waals surface area (Å²) in [6, 6.07) is 9.45. The quantitative estimate of drug-likeness (QED) is 0.930. The normalized spacial score (nSPS) is 15.9. The number of hydrogen-bond donors (Lipinski definition) is 1. The number of carbonyl (C=O) groups is 1. The zero-order chi connectivity index (χ0) is 16.4. The Morgan fingerprint density at radius 1 is 1.22 bits per heavy atom. The van der Waals surface area contributed by atoms with E-state index in [1.54, 1.807) is 12.3 Å². The summed E-state index contributed by atoms with van der Waals surface area (Å²) >= 11 is 0. The molecule has 0 radical (unpaired) electrons. The fourth-order valence-corrected chi connectivity index (χ4v) is 2.68. The van der Waals surface area contributed by atoms with Crippen molar-refractivity contribution in [1.29, 1.82) is 0 Å². The second-order valence-electron chi connectivity index (χ2n) is 6.35. The number of aromatic carboxylic acids is 1. The lowest BCUT2D eigenvalue weighted by atomic mass is 9.79. The molecule has 4 heteroatoms. The van der Waals surface area contributed by atoms with E-state index in [1.165, 1.54) is 11.6 Å². The molecule has 1 aromatic heterocycles. The van der Waals surface area contributed by atoms with Gasteiger partial charge in [-0.05, 0) is 41.2 Å². The number of carboxylic acids is 1. The molecule has 118 valence electrons. The molecule has 0 bridgehead atoms. The number of hydrogen-bond acceptors (Lipinski definition) is 3. The first-order valence-corrected chi connectivity index (χ1v) is 7.60. The van der Waals surface area contributed by atoms with Crippen LogP contribution in [0.25, 0.3) is 12.2 Å². The lowest BCUT2D eigenvalue weighted by Crippen LogP contribution is -2.26. The Labute approximate surface area is 135 Å². The largest absolute Gasteiger partial charge is 0.493 e. The van der Waals surface area contributed by atoms with E-state index in [9.17, 15) is 4.79 Å². The van der Waals surface area contributed by atoms with Gasteiger partial charge in [0.1, 0.15) is 11.4 Å². The van der Waals surface area contributed by atoms with Crippen molar-refractivity contribution in [2.75, 3.05) is 6.61 Å². The highest BCUT2D eigenvalue weighted by Gasteiger charge is 2.28. The maximum absolute atomic E-state index is 10.8. The van der Waals surface area contributed by atoms with Gasteiger partial charge in [-0.3, -0.25) is 0 Å². The predicted octanol–water partition coefficient (Wildman–Crippen LogP) is 4.01. The number of benzene rings is 1. The summed E-state index contributed by atoms with van der Waals surface area (Å²) in [6.07, 6.45) is 6.50. The van der Waals surface area contributed by atoms with Crippen LogP contribution < -0.4 is 4.74 Å². The zero-order valence-corrected chi connectivity index (χ0v) is 13.2. The summed E-state index contributed by atoms with van der Waals surface area (Å²) in [6.45, 7) is 5.23. The minimum atomic E-state index is -1.02. The molecule has 0 saturated carbocycles. The van der Waals surface area contributed by atoms with Crippen LogP contribution in [0.15, 0.2) is 36.5 Å². The Bertz CT molecular complexity index is 761. The highest BCUT2D eigenvalue weighted by atomic mass is 16.5. The van der Waals surface area contributed by atoms with Crippen LogP contribution in [0, 0.1) is 0 Å². The third-order valence-electron chi connectivity index (χ3n) is 4.19. The van der Waals surface area contributed by atoms with Crippen molar-refractivity contribution in [2.24, 2.45) is 0 Å². The fourth-order valence-electron chi connectivity index (χ4n) is 2.68. The van der Waals surface area contributed by atoms with Crippen molar-refractivity contribution in [3.63, 3.8) is 0 Å². The van der Waals surface area contributed by atoms with E-state index in [0.29, 0.717) is 0 Å². The fraction of sp³-hybridized carbons (Fsp3) is 0.263. The average molecular weight is 309 g/mol. The van der Waals surface area contributed by atoms with Gasteiger partial charge in [-0.25, -0.2) is 9.78 Å². The van der Waals surface area contributed by atoms with Crippen LogP contribution in [-0.4, -0.2) is 22.7 Å². The van der Waals surface area contributed by atoms with E-state index in [0.717, 1.165) is 29.9 Å². The monoisotopic (exact) mass is 309 g/mol. The third kappa shape index (κ3) is 3.26. The van der Waals surface area contributed by atoms with Crippen molar-refractivity contribution in [1.82, 2.24) is 4.98 Å². The van der Waals surface area contributed by atoms with Crippen molar-refractivity contribution in [2.45, 2.75) is 25.7 Å². The molecule has 0 fully saturated rings. The Morgan fingerprint density at radius 2 is 1.96 bits per heavy atom. The molecule has 23 heavy (non-hydrogen) atoms. The molecule has 0 spiro atoms. The SMILES string of the molecule is CC1(C)CCOc2ccc(/C=C/c3ccc(C(=O)O)nc3)cc21. The van der Waals surface area contributed by atoms with Crippen LogP contribution in [-0.2, 0) is 5.41 Å². The minimum absolute atomic E-state index is 0.0508.